The molecule has 10 heterocycles. The molecule has 700 valence electrons. The third kappa shape index (κ3) is 26.1. The predicted molar refractivity (Wildman–Crippen MR) is 490 cm³/mol. The molecule has 12 atom stereocenters. The number of amides is 8. The number of fused-ring (bicyclic) bond motifs is 2. The van der Waals surface area contributed by atoms with Crippen molar-refractivity contribution in [2.45, 2.75) is 243 Å². The van der Waals surface area contributed by atoms with Crippen LogP contribution in [0, 0.1) is 11.8 Å². The summed E-state index contributed by atoms with van der Waals surface area (Å²) < 4.78 is 19.1. The number of aryl methyl sites for hydroxylation is 6. The van der Waals surface area contributed by atoms with Gasteiger partial charge in [0.2, 0.25) is 47.3 Å². The molecule has 0 radical (unpaired) electrons. The van der Waals surface area contributed by atoms with Crippen molar-refractivity contribution in [2.24, 2.45) is 11.8 Å². The summed E-state index contributed by atoms with van der Waals surface area (Å²) in [5.41, 5.74) is 5.59. The SMILES string of the molecule is CN[C@@H](C)C(=O)NC(C(=O)N1C[C@@H]2C[C@H]1C(=O)N[C@@H](Cc1ccc3ccccc3c1)C(=O)N[C@H](C(=O)O)Cc1ccc(cc1)OCCCn1cc(nn1)CCCCCc1cn(nn1)[C@H]1C[C@@H](C(=O)N[C@@H](Cc3ccc4ccccc4c3)C(=O)N[C@H](C(=O)O)Cc3ccc(cc3)OCCCn3cc(nn3)CCCCCc3cn2nn3)N(C(=O)[C@@H](NC(=O)[C@H](C)NC)C(C)C)C1)C(C)C. The van der Waals surface area contributed by atoms with E-state index in [9.17, 15) is 39.0 Å². The van der Waals surface area contributed by atoms with Crippen molar-refractivity contribution in [3.63, 3.8) is 0 Å². The number of rotatable bonds is 16. The molecular weight excluding hydrogens is 1690 g/mol. The lowest BCUT2D eigenvalue weighted by Gasteiger charge is -2.32. The molecule has 4 aromatic heterocycles. The maximum atomic E-state index is 15.2. The van der Waals surface area contributed by atoms with E-state index >= 15 is 19.2 Å². The lowest BCUT2D eigenvalue weighted by Crippen LogP contribution is -2.59. The lowest BCUT2D eigenvalue weighted by molar-refractivity contribution is -0.144. The van der Waals surface area contributed by atoms with Gasteiger partial charge in [0.15, 0.2) is 0 Å². The van der Waals surface area contributed by atoms with Crippen LogP contribution in [0.2, 0.25) is 0 Å². The molecular formula is C96H122N22O14. The predicted octanol–water partition coefficient (Wildman–Crippen LogP) is 6.38. The molecule has 132 heavy (non-hydrogen) atoms. The molecule has 6 aromatic carbocycles. The minimum Gasteiger partial charge on any atom is -0.494 e. The van der Waals surface area contributed by atoms with E-state index in [1.165, 1.54) is 9.80 Å². The molecule has 8 amide bonds. The minimum atomic E-state index is -1.44. The van der Waals surface area contributed by atoms with Crippen LogP contribution in [-0.2, 0) is 112 Å². The number of nitrogens with one attached hydrogen (secondary N) is 8. The van der Waals surface area contributed by atoms with E-state index in [2.05, 4.69) is 83.8 Å². The van der Waals surface area contributed by atoms with Crippen LogP contribution in [0.1, 0.15) is 163 Å². The smallest absolute Gasteiger partial charge is 0.326 e. The Morgan fingerprint density at radius 3 is 1.16 bits per heavy atom. The van der Waals surface area contributed by atoms with E-state index in [4.69, 9.17) is 9.47 Å². The average molecular weight is 1810 g/mol. The van der Waals surface area contributed by atoms with Gasteiger partial charge < -0.3 is 72.0 Å². The molecule has 0 saturated carbocycles. The number of ether oxygens (including phenoxy) is 2. The van der Waals surface area contributed by atoms with Crippen molar-refractivity contribution in [1.82, 2.24) is 112 Å². The third-order valence-corrected chi connectivity index (χ3v) is 24.9. The molecule has 10 N–H and O–H groups in total. The van der Waals surface area contributed by atoms with E-state index in [0.29, 0.717) is 110 Å². The quantitative estimate of drug-likeness (QED) is 0.0501. The Kier molecular flexibility index (Phi) is 33.5. The number of carboxylic acid groups (broad SMARTS) is 2. The van der Waals surface area contributed by atoms with Gasteiger partial charge in [0, 0.05) is 102 Å². The number of carboxylic acids is 2. The average Bonchev–Trinajstić information content (AvgIpc) is 1.65. The number of carbonyl (C=O) groups excluding carboxylic acids is 8. The molecule has 36 heteroatoms. The molecule has 16 rings (SSSR count). The Balaban J connectivity index is 0.704. The monoisotopic (exact) mass is 1810 g/mol. The first-order valence-electron chi connectivity index (χ1n) is 45.9. The largest absolute Gasteiger partial charge is 0.494 e. The number of benzene rings is 6. The van der Waals surface area contributed by atoms with Crippen molar-refractivity contribution in [3.8, 4) is 11.5 Å². The summed E-state index contributed by atoms with van der Waals surface area (Å²) in [6.07, 6.45) is 15.7. The number of nitrogens with zero attached hydrogens (tertiary/aromatic N) is 14. The Labute approximate surface area is 766 Å². The van der Waals surface area contributed by atoms with Crippen LogP contribution >= 0.6 is 0 Å². The number of likely N-dealkylation sites (N-methyl/N-ethyl adjacent to an activating group) is 2. The highest BCUT2D eigenvalue weighted by molar-refractivity contribution is 5.98. The van der Waals surface area contributed by atoms with E-state index in [1.54, 1.807) is 123 Å². The second-order valence-corrected chi connectivity index (χ2v) is 35.5. The van der Waals surface area contributed by atoms with Crippen LogP contribution in [0.15, 0.2) is 158 Å². The van der Waals surface area contributed by atoms with E-state index in [0.717, 1.165) is 71.5 Å². The van der Waals surface area contributed by atoms with Gasteiger partial charge in [-0.05, 0) is 159 Å². The normalized spacial score (nSPS) is 21.1. The number of hydrogen-bond donors (Lipinski definition) is 10. The maximum absolute atomic E-state index is 15.2. The van der Waals surface area contributed by atoms with Gasteiger partial charge in [-0.25, -0.2) is 19.0 Å². The van der Waals surface area contributed by atoms with E-state index < -0.39 is 144 Å². The molecule has 36 nitrogen and oxygen atoms in total. The topological polar surface area (TPSA) is 455 Å². The lowest BCUT2D eigenvalue weighted by atomic mass is 9.99. The first-order chi connectivity index (χ1) is 63.7. The highest BCUT2D eigenvalue weighted by atomic mass is 16.5. The first kappa shape index (κ1) is 96.2. The molecule has 2 fully saturated rings. The van der Waals surface area contributed by atoms with Gasteiger partial charge in [-0.15, -0.1) is 20.4 Å². The summed E-state index contributed by atoms with van der Waals surface area (Å²) in [5.74, 6) is -7.02. The summed E-state index contributed by atoms with van der Waals surface area (Å²) in [6, 6.07) is 28.3. The van der Waals surface area contributed by atoms with Gasteiger partial charge in [0.1, 0.15) is 59.8 Å². The summed E-state index contributed by atoms with van der Waals surface area (Å²) in [6.45, 7) is 12.3. The first-order valence-corrected chi connectivity index (χ1v) is 45.9. The molecule has 16 bridgehead atoms. The number of hydrogen-bond acceptors (Lipinski definition) is 22. The van der Waals surface area contributed by atoms with E-state index in [1.807, 2.05) is 110 Å². The van der Waals surface area contributed by atoms with Crippen molar-refractivity contribution in [2.75, 3.05) is 40.4 Å². The molecule has 6 aliphatic heterocycles. The zero-order valence-electron chi connectivity index (χ0n) is 76.1. The fourth-order valence-corrected chi connectivity index (χ4v) is 17.0. The Morgan fingerprint density at radius 1 is 0.432 bits per heavy atom. The van der Waals surface area contributed by atoms with Gasteiger partial charge in [-0.2, -0.15) is 0 Å². The summed E-state index contributed by atoms with van der Waals surface area (Å²) in [4.78, 5) is 147. The minimum absolute atomic E-state index is 0.0109. The molecule has 1 unspecified atom stereocenters. The van der Waals surface area contributed by atoms with Crippen LogP contribution in [0.3, 0.4) is 0 Å². The number of likely N-dealkylation sites (tertiary alicyclic amines) is 2. The molecule has 10 aromatic rings. The highest BCUT2D eigenvalue weighted by Crippen LogP contribution is 2.33. The van der Waals surface area contributed by atoms with Gasteiger partial charge in [-0.3, -0.25) is 47.7 Å². The Morgan fingerprint density at radius 2 is 0.795 bits per heavy atom. The van der Waals surface area contributed by atoms with Crippen LogP contribution < -0.4 is 52.0 Å². The van der Waals surface area contributed by atoms with Crippen LogP contribution in [0.25, 0.3) is 21.5 Å². The van der Waals surface area contributed by atoms with Gasteiger partial charge >= 0.3 is 11.9 Å². The Bertz CT molecular complexity index is 5280. The molecule has 2 saturated heterocycles. The molecule has 6 aliphatic rings. The van der Waals surface area contributed by atoms with Crippen molar-refractivity contribution >= 4 is 80.7 Å². The zero-order valence-corrected chi connectivity index (χ0v) is 76.1. The van der Waals surface area contributed by atoms with Crippen molar-refractivity contribution in [1.29, 1.82) is 0 Å². The van der Waals surface area contributed by atoms with Crippen LogP contribution in [0.4, 0.5) is 0 Å². The second kappa shape index (κ2) is 45.9. The van der Waals surface area contributed by atoms with Crippen LogP contribution in [-0.4, -0.2) is 240 Å². The Hall–Kier alpha value is -13.4. The number of carbonyl (C=O) groups is 10. The number of aliphatic carboxylic acids is 2. The highest BCUT2D eigenvalue weighted by Gasteiger charge is 2.47. The summed E-state index contributed by atoms with van der Waals surface area (Å²) >= 11 is 0. The van der Waals surface area contributed by atoms with Crippen molar-refractivity contribution < 1.29 is 67.6 Å². The molecule has 0 aliphatic carbocycles. The fourth-order valence-electron chi connectivity index (χ4n) is 17.0. The maximum Gasteiger partial charge on any atom is 0.326 e. The van der Waals surface area contributed by atoms with Gasteiger partial charge in [-0.1, -0.05) is 171 Å². The second-order valence-electron chi connectivity index (χ2n) is 35.5. The van der Waals surface area contributed by atoms with Crippen LogP contribution in [0.5, 0.6) is 11.5 Å². The van der Waals surface area contributed by atoms with Gasteiger partial charge in [0.25, 0.3) is 0 Å². The number of aromatic nitrogens is 12. The third-order valence-electron chi connectivity index (χ3n) is 24.9. The summed E-state index contributed by atoms with van der Waals surface area (Å²) in [5, 5.41) is 83.9. The van der Waals surface area contributed by atoms with E-state index in [-0.39, 0.29) is 51.6 Å². The van der Waals surface area contributed by atoms with Crippen molar-refractivity contribution in [3.05, 3.63) is 203 Å². The van der Waals surface area contributed by atoms with Gasteiger partial charge in [0.05, 0.1) is 60.2 Å². The zero-order chi connectivity index (χ0) is 93.5. The standard InChI is InChI=1S/C96H122N22O14/c1-59(2)85(103-87(119)61(5)97-7)93(125)115-57-75-51-83(115)91(123)99-79(49-65-29-35-67-21-15-17-23-69(67)45-65)89(121)101-81(95(127)128)47-63-31-37-77(38-32-63)131-43-20-42-114-54-72(106-110-114)26-12-10-14-28-74-56-118(112-108-74)76-52-84(116(58-76)94(126)86(60(3)4)104-88(120)62(6)98-8)92(124)100-80(50-66-30-36-68-22-16-18-24-70(68)46-66)90(122)102-82(96(129)130)48-64-33-39-78(40-34-64)132-44-19-41-113-53-71(105-109-113)25-11-9-13-27-73-55-117(75)111-107-73/h15-18,21-24,29-40,45-46,53-56,59-62,75-76,79-86,97-98H,9-14,19-20,25-28,41-44,47-52,57-58H2,1-8H3,(H,99,123)(H,100,124)(H,101,121)(H,102,122)(H,103,119)(H,104,120)(H,127,128)(H,129,130)/t61-,62-,75-,76-,79-,80-,81-,82-,83-,84-,85-,86?/m0/s1. The fraction of sp³-hybridized carbons (Fsp3) is 0.479. The molecule has 0 spiro atoms. The summed E-state index contributed by atoms with van der Waals surface area (Å²) in [7, 11) is 3.27.